The molecule has 0 fully saturated rings. The molecule has 0 aliphatic heterocycles. The van der Waals surface area contributed by atoms with Crippen molar-refractivity contribution < 1.29 is 14.3 Å². The van der Waals surface area contributed by atoms with E-state index in [-0.39, 0.29) is 12.3 Å². The molecule has 0 atom stereocenters. The van der Waals surface area contributed by atoms with Crippen LogP contribution in [-0.4, -0.2) is 30.8 Å². The molecule has 0 saturated heterocycles. The molecule has 0 radical (unpaired) electrons. The summed E-state index contributed by atoms with van der Waals surface area (Å²) in [7, 11) is 0. The fraction of sp³-hybridized carbons (Fsp3) is 0.375. The fourth-order valence-corrected chi connectivity index (χ4v) is 2.14. The van der Waals surface area contributed by atoms with Crippen LogP contribution in [0.3, 0.4) is 0 Å². The smallest absolute Gasteiger partial charge is 0.357 e. The maximum atomic E-state index is 11.9. The van der Waals surface area contributed by atoms with E-state index in [9.17, 15) is 4.79 Å². The number of unbranched alkanes of at least 4 members (excludes halogenated alkanes) is 1. The van der Waals surface area contributed by atoms with Gasteiger partial charge in [-0.05, 0) is 17.9 Å². The lowest BCUT2D eigenvalue weighted by atomic mass is 10.1. The topological polar surface area (TPSA) is 48.4 Å². The molecule has 2 aromatic rings. The highest BCUT2D eigenvalue weighted by molar-refractivity contribution is 6.34. The van der Waals surface area contributed by atoms with Gasteiger partial charge < -0.3 is 9.47 Å². The number of ether oxygens (including phenoxy) is 2. The second-order valence-electron chi connectivity index (χ2n) is 4.62. The molecular formula is C16H18ClNO3. The number of aromatic nitrogens is 1. The standard InChI is InChI=1S/C16H18ClNO3/c1-2-3-8-20-9-10-21-16(19)14-11-12-6-4-5-7-13(12)15(17)18-14/h4-7,11H,2-3,8-10H2,1H3. The van der Waals surface area contributed by atoms with Crippen LogP contribution in [-0.2, 0) is 9.47 Å². The number of carbonyl (C=O) groups excluding carboxylic acids is 1. The Kier molecular flexibility index (Phi) is 5.96. The minimum absolute atomic E-state index is 0.215. The number of hydrogen-bond donors (Lipinski definition) is 0. The predicted molar refractivity (Wildman–Crippen MR) is 82.8 cm³/mol. The molecule has 0 aliphatic rings. The van der Waals surface area contributed by atoms with E-state index in [0.29, 0.717) is 18.4 Å². The van der Waals surface area contributed by atoms with E-state index in [4.69, 9.17) is 21.1 Å². The van der Waals surface area contributed by atoms with Gasteiger partial charge in [0.1, 0.15) is 11.8 Å². The van der Waals surface area contributed by atoms with Gasteiger partial charge in [0.05, 0.1) is 6.61 Å². The summed E-state index contributed by atoms with van der Waals surface area (Å²) in [6, 6.07) is 9.19. The average molecular weight is 308 g/mol. The number of hydrogen-bond acceptors (Lipinski definition) is 4. The first-order chi connectivity index (χ1) is 10.2. The molecule has 4 nitrogen and oxygen atoms in total. The molecule has 0 spiro atoms. The van der Waals surface area contributed by atoms with Crippen molar-refractivity contribution in [2.75, 3.05) is 19.8 Å². The third-order valence-electron chi connectivity index (χ3n) is 3.01. The molecule has 0 amide bonds. The van der Waals surface area contributed by atoms with Gasteiger partial charge in [-0.1, -0.05) is 49.2 Å². The predicted octanol–water partition coefficient (Wildman–Crippen LogP) is 3.86. The number of nitrogens with zero attached hydrogens (tertiary/aromatic N) is 1. The van der Waals surface area contributed by atoms with Crippen LogP contribution in [0, 0.1) is 0 Å². The zero-order valence-electron chi connectivity index (χ0n) is 12.0. The molecule has 0 N–H and O–H groups in total. The molecule has 1 heterocycles. The quantitative estimate of drug-likeness (QED) is 0.443. The van der Waals surface area contributed by atoms with Crippen molar-refractivity contribution in [3.63, 3.8) is 0 Å². The summed E-state index contributed by atoms with van der Waals surface area (Å²) in [5.74, 6) is -0.484. The van der Waals surface area contributed by atoms with E-state index in [2.05, 4.69) is 11.9 Å². The molecule has 0 saturated carbocycles. The summed E-state index contributed by atoms with van der Waals surface area (Å²) in [5.41, 5.74) is 0.215. The summed E-state index contributed by atoms with van der Waals surface area (Å²) in [5, 5.41) is 1.99. The van der Waals surface area contributed by atoms with Crippen LogP contribution in [0.4, 0.5) is 0 Å². The molecule has 1 aromatic heterocycles. The minimum Gasteiger partial charge on any atom is -0.459 e. The lowest BCUT2D eigenvalue weighted by Crippen LogP contribution is -2.12. The second kappa shape index (κ2) is 7.96. The molecule has 0 bridgehead atoms. The fourth-order valence-electron chi connectivity index (χ4n) is 1.88. The van der Waals surface area contributed by atoms with Crippen LogP contribution in [0.1, 0.15) is 30.3 Å². The lowest BCUT2D eigenvalue weighted by Gasteiger charge is -2.07. The number of fused-ring (bicyclic) bond motifs is 1. The second-order valence-corrected chi connectivity index (χ2v) is 4.98. The molecule has 0 unspecified atom stereocenters. The summed E-state index contributed by atoms with van der Waals surface area (Å²) in [4.78, 5) is 16.0. The highest BCUT2D eigenvalue weighted by Gasteiger charge is 2.12. The minimum atomic E-state index is -0.484. The van der Waals surface area contributed by atoms with Crippen LogP contribution in [0.25, 0.3) is 10.8 Å². The normalized spacial score (nSPS) is 10.8. The maximum absolute atomic E-state index is 11.9. The van der Waals surface area contributed by atoms with Gasteiger partial charge in [-0.2, -0.15) is 0 Å². The Balaban J connectivity index is 1.93. The lowest BCUT2D eigenvalue weighted by molar-refractivity contribution is 0.0308. The van der Waals surface area contributed by atoms with Crippen molar-refractivity contribution in [1.29, 1.82) is 0 Å². The van der Waals surface area contributed by atoms with E-state index in [1.54, 1.807) is 6.07 Å². The van der Waals surface area contributed by atoms with E-state index < -0.39 is 5.97 Å². The first-order valence-corrected chi connectivity index (χ1v) is 7.40. The Morgan fingerprint density at radius 2 is 2.05 bits per heavy atom. The van der Waals surface area contributed by atoms with Gasteiger partial charge in [0, 0.05) is 12.0 Å². The summed E-state index contributed by atoms with van der Waals surface area (Å²) in [6.45, 7) is 3.40. The van der Waals surface area contributed by atoms with Gasteiger partial charge >= 0.3 is 5.97 Å². The Morgan fingerprint density at radius 1 is 1.24 bits per heavy atom. The molecule has 1 aromatic carbocycles. The zero-order valence-corrected chi connectivity index (χ0v) is 12.7. The Morgan fingerprint density at radius 3 is 2.86 bits per heavy atom. The number of pyridine rings is 1. The van der Waals surface area contributed by atoms with Crippen molar-refractivity contribution in [3.8, 4) is 0 Å². The van der Waals surface area contributed by atoms with Crippen LogP contribution in [0.5, 0.6) is 0 Å². The van der Waals surface area contributed by atoms with Gasteiger partial charge in [0.15, 0.2) is 5.69 Å². The molecule has 21 heavy (non-hydrogen) atoms. The van der Waals surface area contributed by atoms with Crippen LogP contribution >= 0.6 is 11.6 Å². The number of halogens is 1. The summed E-state index contributed by atoms with van der Waals surface area (Å²) in [6.07, 6.45) is 2.09. The maximum Gasteiger partial charge on any atom is 0.357 e. The average Bonchev–Trinajstić information content (AvgIpc) is 2.50. The highest BCUT2D eigenvalue weighted by Crippen LogP contribution is 2.22. The van der Waals surface area contributed by atoms with Gasteiger partial charge in [-0.3, -0.25) is 0 Å². The molecule has 2 rings (SSSR count). The molecule has 5 heteroatoms. The van der Waals surface area contributed by atoms with Crippen molar-refractivity contribution in [2.45, 2.75) is 19.8 Å². The van der Waals surface area contributed by atoms with Gasteiger partial charge in [0.2, 0.25) is 0 Å². The van der Waals surface area contributed by atoms with E-state index in [0.717, 1.165) is 23.6 Å². The van der Waals surface area contributed by atoms with Gasteiger partial charge in [-0.25, -0.2) is 9.78 Å². The SMILES string of the molecule is CCCCOCCOC(=O)c1cc2ccccc2c(Cl)n1. The molecule has 0 aliphatic carbocycles. The van der Waals surface area contributed by atoms with Gasteiger partial charge in [-0.15, -0.1) is 0 Å². The summed E-state index contributed by atoms with van der Waals surface area (Å²) >= 11 is 6.08. The van der Waals surface area contributed by atoms with E-state index in [1.807, 2.05) is 24.3 Å². The molecular weight excluding hydrogens is 290 g/mol. The summed E-state index contributed by atoms with van der Waals surface area (Å²) < 4.78 is 10.5. The Labute approximate surface area is 129 Å². The number of rotatable bonds is 7. The van der Waals surface area contributed by atoms with Crippen LogP contribution < -0.4 is 0 Å². The zero-order chi connectivity index (χ0) is 15.1. The van der Waals surface area contributed by atoms with Crippen molar-refractivity contribution in [3.05, 3.63) is 41.2 Å². The monoisotopic (exact) mass is 307 g/mol. The number of carbonyl (C=O) groups is 1. The molecule has 112 valence electrons. The third kappa shape index (κ3) is 4.41. The van der Waals surface area contributed by atoms with Crippen molar-refractivity contribution in [2.24, 2.45) is 0 Å². The largest absolute Gasteiger partial charge is 0.459 e. The third-order valence-corrected chi connectivity index (χ3v) is 3.29. The first-order valence-electron chi connectivity index (χ1n) is 7.02. The van der Waals surface area contributed by atoms with Crippen molar-refractivity contribution in [1.82, 2.24) is 4.98 Å². The number of esters is 1. The van der Waals surface area contributed by atoms with Gasteiger partial charge in [0.25, 0.3) is 0 Å². The van der Waals surface area contributed by atoms with E-state index in [1.165, 1.54) is 0 Å². The number of benzene rings is 1. The first kappa shape index (κ1) is 15.7. The van der Waals surface area contributed by atoms with Crippen LogP contribution in [0.15, 0.2) is 30.3 Å². The van der Waals surface area contributed by atoms with E-state index >= 15 is 0 Å². The Bertz CT molecular complexity index is 615. The van der Waals surface area contributed by atoms with Crippen LogP contribution in [0.2, 0.25) is 5.15 Å². The van der Waals surface area contributed by atoms with Crippen molar-refractivity contribution >= 4 is 28.3 Å². The highest BCUT2D eigenvalue weighted by atomic mass is 35.5. The Hall–Kier alpha value is -1.65.